The molecule has 0 N–H and O–H groups in total. The minimum Gasteiger partial charge on any atom is -0.309 e. The average Bonchev–Trinajstić information content (AvgIpc) is 3.92. The molecular formula is C51H30N6. The summed E-state index contributed by atoms with van der Waals surface area (Å²) in [6.07, 6.45) is 0. The molecule has 6 heteroatoms. The summed E-state index contributed by atoms with van der Waals surface area (Å²) in [5, 5.41) is 7.24. The summed E-state index contributed by atoms with van der Waals surface area (Å²) in [5.41, 5.74) is 13.1. The van der Waals surface area contributed by atoms with E-state index in [0.29, 0.717) is 17.5 Å². The number of rotatable bonds is 4. The standard InChI is InChI=1S/C51H30N6/c1-4-15-31(16-5-1)49-52-50(32-17-6-2-7-18-32)54-51(53-49)38-24-12-22-35-36-23-13-28-43-47(36)57(46(35)38)41-27-14-26-40-44(41)45-42(55(40)33-19-8-3-9-20-33)30-29-37-34-21-10-11-25-39(34)56(43)48(37)45/h1-30H. The van der Waals surface area contributed by atoms with Crippen LogP contribution in [-0.4, -0.2) is 28.3 Å². The predicted octanol–water partition coefficient (Wildman–Crippen LogP) is 12.5. The lowest BCUT2D eigenvalue weighted by molar-refractivity contribution is 1.07. The van der Waals surface area contributed by atoms with Crippen molar-refractivity contribution in [2.75, 3.05) is 0 Å². The van der Waals surface area contributed by atoms with Gasteiger partial charge in [-0.05, 0) is 48.5 Å². The summed E-state index contributed by atoms with van der Waals surface area (Å²) in [6, 6.07) is 64.7. The SMILES string of the molecule is c1ccc(-c2nc(-c3ccccc3)nc(-c3cccc4c5cccc6c5n(c5cccc7c5c5c(ccc8c9ccccc9n6c85)n7-c5ccccc5)c34)n2)cc1. The molecule has 0 saturated carbocycles. The van der Waals surface area contributed by atoms with E-state index >= 15 is 0 Å². The number of aromatic nitrogens is 6. The molecule has 5 aromatic heterocycles. The molecule has 57 heavy (non-hydrogen) atoms. The number of hydrogen-bond acceptors (Lipinski definition) is 3. The molecule has 6 nitrogen and oxygen atoms in total. The van der Waals surface area contributed by atoms with Crippen LogP contribution in [0.25, 0.3) is 116 Å². The molecule has 0 radical (unpaired) electrons. The minimum absolute atomic E-state index is 0.629. The van der Waals surface area contributed by atoms with Crippen molar-refractivity contribution in [3.8, 4) is 39.9 Å². The fourth-order valence-electron chi connectivity index (χ4n) is 9.50. The summed E-state index contributed by atoms with van der Waals surface area (Å²) in [5.74, 6) is 1.91. The molecule has 264 valence electrons. The van der Waals surface area contributed by atoms with Gasteiger partial charge in [0.05, 0.1) is 44.1 Å². The first-order chi connectivity index (χ1) is 28.3. The smallest absolute Gasteiger partial charge is 0.166 e. The van der Waals surface area contributed by atoms with Gasteiger partial charge in [0.2, 0.25) is 0 Å². The summed E-state index contributed by atoms with van der Waals surface area (Å²) in [7, 11) is 0. The van der Waals surface area contributed by atoms with E-state index in [9.17, 15) is 0 Å². The number of para-hydroxylation sites is 4. The zero-order valence-corrected chi connectivity index (χ0v) is 30.5. The Labute approximate surface area is 325 Å². The van der Waals surface area contributed by atoms with Gasteiger partial charge in [0.25, 0.3) is 0 Å². The molecule has 0 bridgehead atoms. The van der Waals surface area contributed by atoms with Crippen molar-refractivity contribution in [2.45, 2.75) is 0 Å². The van der Waals surface area contributed by atoms with Crippen LogP contribution < -0.4 is 0 Å². The highest BCUT2D eigenvalue weighted by Crippen LogP contribution is 2.46. The van der Waals surface area contributed by atoms with Crippen molar-refractivity contribution >= 4 is 76.5 Å². The maximum Gasteiger partial charge on any atom is 0.166 e. The van der Waals surface area contributed by atoms with Crippen LogP contribution >= 0.6 is 0 Å². The van der Waals surface area contributed by atoms with Crippen LogP contribution in [0.4, 0.5) is 0 Å². The molecule has 0 fully saturated rings. The highest BCUT2D eigenvalue weighted by Gasteiger charge is 2.26. The van der Waals surface area contributed by atoms with Gasteiger partial charge in [-0.25, -0.2) is 15.0 Å². The Morgan fingerprint density at radius 3 is 1.58 bits per heavy atom. The van der Waals surface area contributed by atoms with Crippen LogP contribution in [0.3, 0.4) is 0 Å². The van der Waals surface area contributed by atoms with Gasteiger partial charge in [0.15, 0.2) is 17.5 Å². The number of nitrogens with zero attached hydrogens (tertiary/aromatic N) is 6. The first-order valence-electron chi connectivity index (χ1n) is 19.3. The summed E-state index contributed by atoms with van der Waals surface area (Å²) in [4.78, 5) is 15.6. The van der Waals surface area contributed by atoms with E-state index in [1.807, 2.05) is 36.4 Å². The van der Waals surface area contributed by atoms with Gasteiger partial charge in [0, 0.05) is 54.7 Å². The summed E-state index contributed by atoms with van der Waals surface area (Å²) < 4.78 is 7.44. The first kappa shape index (κ1) is 30.5. The third-order valence-corrected chi connectivity index (χ3v) is 11.8. The monoisotopic (exact) mass is 726 g/mol. The van der Waals surface area contributed by atoms with Crippen molar-refractivity contribution in [1.29, 1.82) is 0 Å². The predicted molar refractivity (Wildman–Crippen MR) is 234 cm³/mol. The van der Waals surface area contributed by atoms with E-state index in [-0.39, 0.29) is 0 Å². The molecule has 0 unspecified atom stereocenters. The third kappa shape index (κ3) is 4.10. The molecule has 13 aromatic rings. The highest BCUT2D eigenvalue weighted by molar-refractivity contribution is 6.31. The molecule has 0 aliphatic rings. The van der Waals surface area contributed by atoms with E-state index in [2.05, 4.69) is 159 Å². The van der Waals surface area contributed by atoms with E-state index < -0.39 is 0 Å². The average molecular weight is 727 g/mol. The van der Waals surface area contributed by atoms with Crippen LogP contribution in [0.2, 0.25) is 0 Å². The minimum atomic E-state index is 0.629. The van der Waals surface area contributed by atoms with Gasteiger partial charge < -0.3 is 13.4 Å². The Kier molecular flexibility index (Phi) is 6.07. The molecule has 8 aromatic carbocycles. The van der Waals surface area contributed by atoms with Crippen LogP contribution in [0, 0.1) is 0 Å². The van der Waals surface area contributed by atoms with Crippen molar-refractivity contribution in [3.05, 3.63) is 182 Å². The lowest BCUT2D eigenvalue weighted by atomic mass is 10.1. The second-order valence-corrected chi connectivity index (χ2v) is 14.8. The van der Waals surface area contributed by atoms with Crippen LogP contribution in [0.5, 0.6) is 0 Å². The molecule has 5 heterocycles. The second kappa shape index (κ2) is 11.4. The lowest BCUT2D eigenvalue weighted by Gasteiger charge is -2.12. The maximum atomic E-state index is 5.26. The molecular weight excluding hydrogens is 697 g/mol. The van der Waals surface area contributed by atoms with E-state index in [1.54, 1.807) is 0 Å². The normalized spacial score (nSPS) is 12.2. The maximum absolute atomic E-state index is 5.26. The number of benzene rings is 8. The van der Waals surface area contributed by atoms with E-state index in [4.69, 9.17) is 15.0 Å². The zero-order chi connectivity index (χ0) is 37.2. The Bertz CT molecular complexity index is 3670. The fourth-order valence-corrected chi connectivity index (χ4v) is 9.50. The second-order valence-electron chi connectivity index (χ2n) is 14.8. The van der Waals surface area contributed by atoms with Crippen LogP contribution in [-0.2, 0) is 0 Å². The quantitative estimate of drug-likeness (QED) is 0.181. The Morgan fingerprint density at radius 2 is 0.825 bits per heavy atom. The molecule has 0 atom stereocenters. The molecule has 0 amide bonds. The van der Waals surface area contributed by atoms with Gasteiger partial charge in [0.1, 0.15) is 0 Å². The molecule has 0 aliphatic carbocycles. The third-order valence-electron chi connectivity index (χ3n) is 11.8. The number of fused-ring (bicyclic) bond motifs is 8. The Balaban J connectivity index is 1.29. The van der Waals surface area contributed by atoms with Crippen molar-refractivity contribution in [2.24, 2.45) is 0 Å². The molecule has 0 saturated heterocycles. The topological polar surface area (TPSA) is 52.4 Å². The molecule has 0 spiro atoms. The number of hydrogen-bond donors (Lipinski definition) is 0. The van der Waals surface area contributed by atoms with Crippen molar-refractivity contribution in [1.82, 2.24) is 28.3 Å². The van der Waals surface area contributed by atoms with E-state index in [0.717, 1.165) is 55.3 Å². The molecule has 13 rings (SSSR count). The summed E-state index contributed by atoms with van der Waals surface area (Å²) in [6.45, 7) is 0. The lowest BCUT2D eigenvalue weighted by Crippen LogP contribution is -2.01. The van der Waals surface area contributed by atoms with Crippen molar-refractivity contribution < 1.29 is 0 Å². The summed E-state index contributed by atoms with van der Waals surface area (Å²) >= 11 is 0. The highest BCUT2D eigenvalue weighted by atomic mass is 15.0. The van der Waals surface area contributed by atoms with Gasteiger partial charge in [-0.2, -0.15) is 0 Å². The van der Waals surface area contributed by atoms with Crippen molar-refractivity contribution in [3.63, 3.8) is 0 Å². The largest absolute Gasteiger partial charge is 0.309 e. The van der Waals surface area contributed by atoms with Gasteiger partial charge in [-0.3, -0.25) is 0 Å². The Morgan fingerprint density at radius 1 is 0.298 bits per heavy atom. The Hall–Kier alpha value is -7.83. The van der Waals surface area contributed by atoms with Gasteiger partial charge in [-0.15, -0.1) is 0 Å². The van der Waals surface area contributed by atoms with Crippen LogP contribution in [0.1, 0.15) is 0 Å². The van der Waals surface area contributed by atoms with Crippen LogP contribution in [0.15, 0.2) is 182 Å². The van der Waals surface area contributed by atoms with Gasteiger partial charge in [-0.1, -0.05) is 133 Å². The van der Waals surface area contributed by atoms with E-state index in [1.165, 1.54) is 43.5 Å². The van der Waals surface area contributed by atoms with Gasteiger partial charge >= 0.3 is 0 Å². The zero-order valence-electron chi connectivity index (χ0n) is 30.5. The first-order valence-corrected chi connectivity index (χ1v) is 19.3. The fraction of sp³-hybridized carbons (Fsp3) is 0. The molecule has 0 aliphatic heterocycles.